The second kappa shape index (κ2) is 12.1. The summed E-state index contributed by atoms with van der Waals surface area (Å²) in [7, 11) is 0. The van der Waals surface area contributed by atoms with Crippen LogP contribution in [-0.2, 0) is 0 Å². The predicted octanol–water partition coefficient (Wildman–Crippen LogP) is 13.8. The predicted molar refractivity (Wildman–Crippen MR) is 221 cm³/mol. The van der Waals surface area contributed by atoms with Gasteiger partial charge in [0, 0.05) is 22.8 Å². The monoisotopic (exact) mass is 665 g/mol. The highest BCUT2D eigenvalue weighted by atomic mass is 16.3. The third kappa shape index (κ3) is 4.99. The van der Waals surface area contributed by atoms with Crippen LogP contribution in [0.2, 0.25) is 0 Å². The Hall–Kier alpha value is -6.51. The fraction of sp³-hybridized carbons (Fsp3) is 0.0600. The number of fused-ring (bicyclic) bond motifs is 7. The minimum Gasteiger partial charge on any atom is -0.456 e. The van der Waals surface area contributed by atoms with Crippen LogP contribution in [-0.4, -0.2) is 5.71 Å². The average Bonchev–Trinajstić information content (AvgIpc) is 3.52. The maximum absolute atomic E-state index is 6.21. The molecule has 10 rings (SSSR count). The van der Waals surface area contributed by atoms with Gasteiger partial charge in [-0.15, -0.1) is 0 Å². The first-order valence-electron chi connectivity index (χ1n) is 18.0. The number of hydrogen-bond acceptors (Lipinski definition) is 2. The van der Waals surface area contributed by atoms with Crippen LogP contribution >= 0.6 is 0 Å². The van der Waals surface area contributed by atoms with Crippen molar-refractivity contribution in [1.29, 1.82) is 0 Å². The van der Waals surface area contributed by atoms with Crippen LogP contribution in [0.1, 0.15) is 37.0 Å². The topological polar surface area (TPSA) is 25.5 Å². The molecule has 0 bridgehead atoms. The quantitative estimate of drug-likeness (QED) is 0.172. The van der Waals surface area contributed by atoms with Gasteiger partial charge in [0.25, 0.3) is 0 Å². The molecule has 0 saturated carbocycles. The molecule has 0 aliphatic carbocycles. The summed E-state index contributed by atoms with van der Waals surface area (Å²) in [5.41, 5.74) is 13.6. The Labute approximate surface area is 302 Å². The van der Waals surface area contributed by atoms with E-state index in [4.69, 9.17) is 9.41 Å². The molecule has 2 heterocycles. The highest BCUT2D eigenvalue weighted by molar-refractivity contribution is 6.14. The molecule has 1 aliphatic rings. The number of para-hydroxylation sites is 1. The first-order chi connectivity index (χ1) is 25.6. The van der Waals surface area contributed by atoms with Crippen LogP contribution in [0.4, 0.5) is 0 Å². The normalized spacial score (nSPS) is 13.8. The molecule has 0 radical (unpaired) electrons. The van der Waals surface area contributed by atoms with Crippen LogP contribution in [0.3, 0.4) is 0 Å². The zero-order chi connectivity index (χ0) is 34.8. The van der Waals surface area contributed by atoms with E-state index in [2.05, 4.69) is 166 Å². The molecule has 2 nitrogen and oxygen atoms in total. The van der Waals surface area contributed by atoms with Crippen LogP contribution in [0, 0.1) is 0 Å². The lowest BCUT2D eigenvalue weighted by atomic mass is 9.88. The van der Waals surface area contributed by atoms with Gasteiger partial charge in [-0.3, -0.25) is 4.99 Å². The summed E-state index contributed by atoms with van der Waals surface area (Å²) >= 11 is 0. The minimum absolute atomic E-state index is 0.777. The van der Waals surface area contributed by atoms with E-state index in [0.717, 1.165) is 50.9 Å². The Morgan fingerprint density at radius 1 is 0.462 bits per heavy atom. The smallest absolute Gasteiger partial charge is 0.136 e. The lowest BCUT2D eigenvalue weighted by molar-refractivity contribution is 0.669. The van der Waals surface area contributed by atoms with E-state index in [1.54, 1.807) is 0 Å². The zero-order valence-electron chi connectivity index (χ0n) is 29.2. The van der Waals surface area contributed by atoms with Crippen LogP contribution < -0.4 is 0 Å². The summed E-state index contributed by atoms with van der Waals surface area (Å²) in [5, 5.41) is 9.75. The van der Waals surface area contributed by atoms with Gasteiger partial charge >= 0.3 is 0 Å². The summed E-state index contributed by atoms with van der Waals surface area (Å²) in [6.45, 7) is 4.53. The van der Waals surface area contributed by atoms with Gasteiger partial charge in [-0.05, 0) is 110 Å². The SMILES string of the molecule is CC1=C(c2ccc3ccc4ccccc4c3c2)C(C)=C(c2ccc3cc(-c4cccc5oc6ccccc6c45)ccc3c2)N=C(c2ccccc2)C1. The van der Waals surface area contributed by atoms with Gasteiger partial charge < -0.3 is 4.42 Å². The van der Waals surface area contributed by atoms with Crippen LogP contribution in [0.25, 0.3) is 76.7 Å². The standard InChI is InChI=1S/C50H35NO/c1-31-27-45(35-12-4-3-5-13-35)51-50(32(2)48(31)39-25-21-34-20-19-33-11-6-7-14-41(33)44(34)30-39)40-26-23-36-28-38(24-22-37(36)29-40)42-16-10-18-47-49(42)43-15-8-9-17-46(43)52-47/h3-26,28-30H,27H2,1-2H3. The summed E-state index contributed by atoms with van der Waals surface area (Å²) < 4.78 is 6.21. The maximum atomic E-state index is 6.21. The molecule has 9 aromatic rings. The van der Waals surface area contributed by atoms with Gasteiger partial charge in [0.15, 0.2) is 0 Å². The van der Waals surface area contributed by atoms with Gasteiger partial charge in [0.2, 0.25) is 0 Å². The number of rotatable bonds is 4. The molecule has 1 aromatic heterocycles. The average molecular weight is 666 g/mol. The van der Waals surface area contributed by atoms with Crippen LogP contribution in [0.5, 0.6) is 0 Å². The molecule has 2 heteroatoms. The highest BCUT2D eigenvalue weighted by Gasteiger charge is 2.21. The number of nitrogens with zero attached hydrogens (tertiary/aromatic N) is 1. The molecule has 0 unspecified atom stereocenters. The first kappa shape index (κ1) is 30.3. The number of furan rings is 1. The third-order valence-corrected chi connectivity index (χ3v) is 10.8. The number of benzene rings is 8. The van der Waals surface area contributed by atoms with Crippen molar-refractivity contribution in [3.63, 3.8) is 0 Å². The summed E-state index contributed by atoms with van der Waals surface area (Å²) in [6.07, 6.45) is 0.777. The van der Waals surface area contributed by atoms with Crippen molar-refractivity contribution in [1.82, 2.24) is 0 Å². The summed E-state index contributed by atoms with van der Waals surface area (Å²) in [4.78, 5) is 5.51. The Bertz CT molecular complexity index is 2990. The highest BCUT2D eigenvalue weighted by Crippen LogP contribution is 2.41. The lowest BCUT2D eigenvalue weighted by Gasteiger charge is -2.16. The van der Waals surface area contributed by atoms with E-state index < -0.39 is 0 Å². The van der Waals surface area contributed by atoms with Crippen molar-refractivity contribution in [3.05, 3.63) is 192 Å². The number of aliphatic imine (C=N–C) groups is 1. The molecule has 0 amide bonds. The summed E-state index contributed by atoms with van der Waals surface area (Å²) in [5.74, 6) is 0. The van der Waals surface area contributed by atoms with Crippen molar-refractivity contribution in [2.45, 2.75) is 20.3 Å². The molecule has 1 aliphatic heterocycles. The van der Waals surface area contributed by atoms with E-state index >= 15 is 0 Å². The molecule has 0 N–H and O–H groups in total. The fourth-order valence-electron chi connectivity index (χ4n) is 8.31. The van der Waals surface area contributed by atoms with Crippen molar-refractivity contribution in [2.24, 2.45) is 4.99 Å². The van der Waals surface area contributed by atoms with E-state index in [9.17, 15) is 0 Å². The Kier molecular flexibility index (Phi) is 7.04. The molecule has 8 aromatic carbocycles. The largest absolute Gasteiger partial charge is 0.456 e. The molecule has 246 valence electrons. The molecule has 0 fully saturated rings. The maximum Gasteiger partial charge on any atom is 0.136 e. The summed E-state index contributed by atoms with van der Waals surface area (Å²) in [6, 6.07) is 59.0. The van der Waals surface area contributed by atoms with E-state index in [-0.39, 0.29) is 0 Å². The van der Waals surface area contributed by atoms with Crippen molar-refractivity contribution in [2.75, 3.05) is 0 Å². The van der Waals surface area contributed by atoms with E-state index in [0.29, 0.717) is 0 Å². The number of allylic oxidation sites excluding steroid dienone is 3. The van der Waals surface area contributed by atoms with E-state index in [1.807, 2.05) is 12.1 Å². The van der Waals surface area contributed by atoms with Gasteiger partial charge in [-0.25, -0.2) is 0 Å². The molecular formula is C50H35NO. The van der Waals surface area contributed by atoms with Gasteiger partial charge in [-0.1, -0.05) is 139 Å². The van der Waals surface area contributed by atoms with Gasteiger partial charge in [0.05, 0.1) is 11.4 Å². The molecule has 0 atom stereocenters. The Morgan fingerprint density at radius 2 is 1.10 bits per heavy atom. The second-order valence-corrected chi connectivity index (χ2v) is 14.0. The third-order valence-electron chi connectivity index (χ3n) is 10.8. The van der Waals surface area contributed by atoms with Crippen molar-refractivity contribution in [3.8, 4) is 11.1 Å². The Morgan fingerprint density at radius 3 is 1.94 bits per heavy atom. The Balaban J connectivity index is 1.13. The molecule has 52 heavy (non-hydrogen) atoms. The van der Waals surface area contributed by atoms with Crippen LogP contribution in [0.15, 0.2) is 184 Å². The van der Waals surface area contributed by atoms with Gasteiger partial charge in [-0.2, -0.15) is 0 Å². The molecule has 0 saturated heterocycles. The second-order valence-electron chi connectivity index (χ2n) is 14.0. The molecule has 0 spiro atoms. The zero-order valence-corrected chi connectivity index (χ0v) is 29.2. The van der Waals surface area contributed by atoms with E-state index in [1.165, 1.54) is 65.7 Å². The number of hydrogen-bond donors (Lipinski definition) is 0. The molecular weight excluding hydrogens is 631 g/mol. The van der Waals surface area contributed by atoms with Crippen molar-refractivity contribution >= 4 is 71.2 Å². The first-order valence-corrected chi connectivity index (χ1v) is 18.0. The van der Waals surface area contributed by atoms with Gasteiger partial charge in [0.1, 0.15) is 11.2 Å². The van der Waals surface area contributed by atoms with Crippen molar-refractivity contribution < 1.29 is 4.42 Å². The lowest BCUT2D eigenvalue weighted by Crippen LogP contribution is -2.02. The minimum atomic E-state index is 0.777. The fourth-order valence-corrected chi connectivity index (χ4v) is 8.31.